The van der Waals surface area contributed by atoms with Crippen molar-refractivity contribution in [2.24, 2.45) is 0 Å². The third-order valence-electron chi connectivity index (χ3n) is 3.37. The summed E-state index contributed by atoms with van der Waals surface area (Å²) in [5, 5.41) is 9.49. The summed E-state index contributed by atoms with van der Waals surface area (Å²) in [4.78, 5) is 0. The van der Waals surface area contributed by atoms with E-state index in [0.717, 1.165) is 0 Å². The lowest BCUT2D eigenvalue weighted by molar-refractivity contribution is -0.283. The molecule has 0 aromatic carbocycles. The van der Waals surface area contributed by atoms with E-state index in [-0.39, 0.29) is 18.8 Å². The van der Waals surface area contributed by atoms with Crippen molar-refractivity contribution in [3.05, 3.63) is 0 Å². The SMILES string of the molecule is CC1O[C@H]2[C@@H]3OC(C)(C)O[C@@H]3CO[C@@]2(CO)O1. The van der Waals surface area contributed by atoms with Gasteiger partial charge in [-0.25, -0.2) is 0 Å². The van der Waals surface area contributed by atoms with E-state index >= 15 is 0 Å². The lowest BCUT2D eigenvalue weighted by atomic mass is 9.98. The van der Waals surface area contributed by atoms with Crippen molar-refractivity contribution >= 4 is 0 Å². The molecule has 17 heavy (non-hydrogen) atoms. The van der Waals surface area contributed by atoms with Gasteiger partial charge in [-0.15, -0.1) is 0 Å². The molecule has 0 aromatic heterocycles. The second-order valence-corrected chi connectivity index (χ2v) is 5.16. The summed E-state index contributed by atoms with van der Waals surface area (Å²) in [5.41, 5.74) is 0. The zero-order valence-electron chi connectivity index (χ0n) is 10.2. The lowest BCUT2D eigenvalue weighted by Crippen LogP contribution is -2.60. The first-order valence-electron chi connectivity index (χ1n) is 5.89. The predicted molar refractivity (Wildman–Crippen MR) is 55.0 cm³/mol. The van der Waals surface area contributed by atoms with Crippen molar-refractivity contribution in [2.45, 2.75) is 56.9 Å². The fourth-order valence-electron chi connectivity index (χ4n) is 2.77. The summed E-state index contributed by atoms with van der Waals surface area (Å²) in [7, 11) is 0. The maximum absolute atomic E-state index is 9.49. The van der Waals surface area contributed by atoms with E-state index in [1.807, 2.05) is 13.8 Å². The quantitative estimate of drug-likeness (QED) is 0.701. The summed E-state index contributed by atoms with van der Waals surface area (Å²) in [6.07, 6.45) is -1.32. The molecule has 1 N–H and O–H groups in total. The van der Waals surface area contributed by atoms with Crippen LogP contribution in [0.25, 0.3) is 0 Å². The number of aliphatic hydroxyl groups excluding tert-OH is 1. The first-order chi connectivity index (χ1) is 7.96. The molecule has 3 rings (SSSR count). The van der Waals surface area contributed by atoms with Crippen molar-refractivity contribution < 1.29 is 28.8 Å². The molecule has 3 saturated heterocycles. The Kier molecular flexibility index (Phi) is 2.52. The molecule has 0 aliphatic carbocycles. The molecule has 0 saturated carbocycles. The molecule has 3 fully saturated rings. The maximum atomic E-state index is 9.49. The van der Waals surface area contributed by atoms with E-state index in [1.165, 1.54) is 0 Å². The molecular formula is C11H18O6. The Morgan fingerprint density at radius 1 is 1.24 bits per heavy atom. The minimum Gasteiger partial charge on any atom is -0.391 e. The van der Waals surface area contributed by atoms with Crippen LogP contribution in [0.4, 0.5) is 0 Å². The van der Waals surface area contributed by atoms with E-state index in [2.05, 4.69) is 0 Å². The van der Waals surface area contributed by atoms with E-state index < -0.39 is 24.0 Å². The van der Waals surface area contributed by atoms with Crippen LogP contribution in [-0.2, 0) is 23.7 Å². The molecule has 3 aliphatic rings. The molecule has 0 aromatic rings. The summed E-state index contributed by atoms with van der Waals surface area (Å²) in [6.45, 7) is 5.56. The van der Waals surface area contributed by atoms with Crippen LogP contribution in [0.2, 0.25) is 0 Å². The zero-order valence-corrected chi connectivity index (χ0v) is 10.2. The fourth-order valence-corrected chi connectivity index (χ4v) is 2.77. The monoisotopic (exact) mass is 246 g/mol. The molecule has 6 nitrogen and oxygen atoms in total. The molecule has 0 spiro atoms. The second kappa shape index (κ2) is 3.63. The molecule has 1 unspecified atom stereocenters. The highest BCUT2D eigenvalue weighted by molar-refractivity contribution is 5.01. The first kappa shape index (κ1) is 11.8. The zero-order chi connectivity index (χ0) is 12.3. The third kappa shape index (κ3) is 1.71. The van der Waals surface area contributed by atoms with E-state index in [4.69, 9.17) is 23.7 Å². The van der Waals surface area contributed by atoms with Crippen molar-refractivity contribution in [1.29, 1.82) is 0 Å². The number of hydrogen-bond donors (Lipinski definition) is 1. The Morgan fingerprint density at radius 3 is 2.71 bits per heavy atom. The standard InChI is InChI=1S/C11H18O6/c1-6-14-9-8-7(16-10(2,3)17-8)4-13-11(9,5-12)15-6/h6-9,12H,4-5H2,1-3H3/t6?,7-,8-,9+,11+/m1/s1. The molecule has 3 aliphatic heterocycles. The van der Waals surface area contributed by atoms with Crippen molar-refractivity contribution in [2.75, 3.05) is 13.2 Å². The number of ether oxygens (including phenoxy) is 5. The number of aliphatic hydroxyl groups is 1. The van der Waals surface area contributed by atoms with Crippen molar-refractivity contribution in [3.8, 4) is 0 Å². The molecule has 98 valence electrons. The van der Waals surface area contributed by atoms with Crippen molar-refractivity contribution in [3.63, 3.8) is 0 Å². The van der Waals surface area contributed by atoms with Crippen LogP contribution in [0, 0.1) is 0 Å². The van der Waals surface area contributed by atoms with Crippen LogP contribution >= 0.6 is 0 Å². The van der Waals surface area contributed by atoms with E-state index in [0.29, 0.717) is 6.61 Å². The topological polar surface area (TPSA) is 66.4 Å². The molecule has 0 radical (unpaired) electrons. The minimum atomic E-state index is -1.11. The Bertz CT molecular complexity index is 319. The van der Waals surface area contributed by atoms with E-state index in [1.54, 1.807) is 6.92 Å². The third-order valence-corrected chi connectivity index (χ3v) is 3.37. The smallest absolute Gasteiger partial charge is 0.223 e. The number of rotatable bonds is 1. The van der Waals surface area contributed by atoms with Crippen molar-refractivity contribution in [1.82, 2.24) is 0 Å². The first-order valence-corrected chi connectivity index (χ1v) is 5.89. The van der Waals surface area contributed by atoms with Crippen LogP contribution in [0.15, 0.2) is 0 Å². The van der Waals surface area contributed by atoms with E-state index in [9.17, 15) is 5.11 Å². The van der Waals surface area contributed by atoms with Crippen LogP contribution < -0.4 is 0 Å². The van der Waals surface area contributed by atoms with Gasteiger partial charge >= 0.3 is 0 Å². The Hall–Kier alpha value is -0.240. The molecule has 3 heterocycles. The average Bonchev–Trinajstić information content (AvgIpc) is 2.73. The van der Waals surface area contributed by atoms with Gasteiger partial charge in [0, 0.05) is 0 Å². The minimum absolute atomic E-state index is 0.177. The Balaban J connectivity index is 1.87. The average molecular weight is 246 g/mol. The van der Waals surface area contributed by atoms with Gasteiger partial charge in [0.15, 0.2) is 12.1 Å². The van der Waals surface area contributed by atoms with Crippen LogP contribution in [0.3, 0.4) is 0 Å². The van der Waals surface area contributed by atoms with Gasteiger partial charge in [0.25, 0.3) is 0 Å². The number of hydrogen-bond acceptors (Lipinski definition) is 6. The molecular weight excluding hydrogens is 228 g/mol. The highest BCUT2D eigenvalue weighted by atomic mass is 16.9. The highest BCUT2D eigenvalue weighted by Crippen LogP contribution is 2.44. The van der Waals surface area contributed by atoms with Gasteiger partial charge < -0.3 is 28.8 Å². The fraction of sp³-hybridized carbons (Fsp3) is 1.00. The second-order valence-electron chi connectivity index (χ2n) is 5.16. The summed E-state index contributed by atoms with van der Waals surface area (Å²) < 4.78 is 28.4. The van der Waals surface area contributed by atoms with Gasteiger partial charge in [0.05, 0.1) is 6.61 Å². The molecule has 6 heteroatoms. The Labute approximate surface area is 99.7 Å². The van der Waals surface area contributed by atoms with Crippen LogP contribution in [0.5, 0.6) is 0 Å². The summed E-state index contributed by atoms with van der Waals surface area (Å²) >= 11 is 0. The molecule has 0 bridgehead atoms. The van der Waals surface area contributed by atoms with Gasteiger partial charge in [0.2, 0.25) is 5.79 Å². The largest absolute Gasteiger partial charge is 0.391 e. The van der Waals surface area contributed by atoms with Gasteiger partial charge in [-0.05, 0) is 20.8 Å². The normalized spacial score (nSPS) is 52.2. The van der Waals surface area contributed by atoms with Crippen LogP contribution in [-0.4, -0.2) is 54.5 Å². The van der Waals surface area contributed by atoms with Gasteiger partial charge in [0.1, 0.15) is 24.9 Å². The van der Waals surface area contributed by atoms with Gasteiger partial charge in [-0.2, -0.15) is 0 Å². The summed E-state index contributed by atoms with van der Waals surface area (Å²) in [6, 6.07) is 0. The highest BCUT2D eigenvalue weighted by Gasteiger charge is 2.62. The Morgan fingerprint density at radius 2 is 2.00 bits per heavy atom. The molecule has 5 atom stereocenters. The van der Waals surface area contributed by atoms with Crippen LogP contribution in [0.1, 0.15) is 20.8 Å². The molecule has 0 amide bonds. The lowest BCUT2D eigenvalue weighted by Gasteiger charge is -2.39. The van der Waals surface area contributed by atoms with Gasteiger partial charge in [-0.3, -0.25) is 0 Å². The van der Waals surface area contributed by atoms with Gasteiger partial charge in [-0.1, -0.05) is 0 Å². The number of fused-ring (bicyclic) bond motifs is 3. The maximum Gasteiger partial charge on any atom is 0.223 e. The summed E-state index contributed by atoms with van der Waals surface area (Å²) in [5.74, 6) is -1.76. The predicted octanol–water partition coefficient (Wildman–Crippen LogP) is -0.0133.